The van der Waals surface area contributed by atoms with Crippen LogP contribution in [0.2, 0.25) is 0 Å². The Morgan fingerprint density at radius 1 is 1.19 bits per heavy atom. The van der Waals surface area contributed by atoms with Crippen LogP contribution >= 0.6 is 0 Å². The van der Waals surface area contributed by atoms with E-state index in [-0.39, 0.29) is 0 Å². The fourth-order valence-corrected chi connectivity index (χ4v) is 2.47. The summed E-state index contributed by atoms with van der Waals surface area (Å²) in [7, 11) is 1.65. The molecule has 2 aromatic rings. The standard InChI is InChI=1S/C19H28N4O3/c1-4-20-19(22-14-16-10-12-26-23-16)21-11-6-7-15-8-9-17(24-3)18(13-15)25-5-2/h8-10,12-13H,4-7,11,14H2,1-3H3,(H2,20,21,22). The Morgan fingerprint density at radius 3 is 2.77 bits per heavy atom. The number of aliphatic imine (C=N–C) groups is 1. The molecule has 0 aliphatic heterocycles. The number of hydrogen-bond acceptors (Lipinski definition) is 5. The number of nitrogens with zero attached hydrogens (tertiary/aromatic N) is 2. The van der Waals surface area contributed by atoms with Gasteiger partial charge in [-0.15, -0.1) is 0 Å². The molecule has 26 heavy (non-hydrogen) atoms. The highest BCUT2D eigenvalue weighted by Crippen LogP contribution is 2.28. The first kappa shape index (κ1) is 19.6. The van der Waals surface area contributed by atoms with Gasteiger partial charge in [0, 0.05) is 19.2 Å². The summed E-state index contributed by atoms with van der Waals surface area (Å²) < 4.78 is 15.8. The van der Waals surface area contributed by atoms with Crippen LogP contribution in [0.3, 0.4) is 0 Å². The molecule has 7 nitrogen and oxygen atoms in total. The van der Waals surface area contributed by atoms with Crippen LogP contribution in [0.4, 0.5) is 0 Å². The maximum absolute atomic E-state index is 5.63. The van der Waals surface area contributed by atoms with E-state index in [4.69, 9.17) is 14.0 Å². The predicted octanol–water partition coefficient (Wildman–Crippen LogP) is 2.77. The predicted molar refractivity (Wildman–Crippen MR) is 102 cm³/mol. The first-order chi connectivity index (χ1) is 12.8. The summed E-state index contributed by atoms with van der Waals surface area (Å²) in [5.41, 5.74) is 2.03. The molecule has 7 heteroatoms. The normalized spacial score (nSPS) is 11.3. The highest BCUT2D eigenvalue weighted by molar-refractivity contribution is 5.79. The fourth-order valence-electron chi connectivity index (χ4n) is 2.47. The number of benzene rings is 1. The van der Waals surface area contributed by atoms with E-state index in [0.29, 0.717) is 13.2 Å². The van der Waals surface area contributed by atoms with Gasteiger partial charge in [0.1, 0.15) is 12.0 Å². The highest BCUT2D eigenvalue weighted by atomic mass is 16.5. The van der Waals surface area contributed by atoms with Gasteiger partial charge in [0.05, 0.1) is 20.3 Å². The number of rotatable bonds is 10. The number of ether oxygens (including phenoxy) is 2. The quantitative estimate of drug-likeness (QED) is 0.385. The number of guanidine groups is 1. The zero-order chi connectivity index (χ0) is 18.6. The lowest BCUT2D eigenvalue weighted by Gasteiger charge is -2.12. The molecule has 0 atom stereocenters. The van der Waals surface area contributed by atoms with Gasteiger partial charge in [-0.3, -0.25) is 0 Å². The molecule has 1 aromatic heterocycles. The van der Waals surface area contributed by atoms with Crippen molar-refractivity contribution in [3.05, 3.63) is 41.8 Å². The van der Waals surface area contributed by atoms with Gasteiger partial charge in [-0.05, 0) is 44.4 Å². The first-order valence-corrected chi connectivity index (χ1v) is 8.98. The summed E-state index contributed by atoms with van der Waals surface area (Å²) >= 11 is 0. The van der Waals surface area contributed by atoms with Crippen LogP contribution < -0.4 is 20.1 Å². The SMILES string of the molecule is CCNC(=NCc1ccon1)NCCCc1ccc(OC)c(OCC)c1. The van der Waals surface area contributed by atoms with Crippen molar-refractivity contribution in [1.82, 2.24) is 15.8 Å². The Morgan fingerprint density at radius 2 is 2.08 bits per heavy atom. The number of nitrogens with one attached hydrogen (secondary N) is 2. The van der Waals surface area contributed by atoms with Crippen LogP contribution in [0.15, 0.2) is 40.0 Å². The van der Waals surface area contributed by atoms with E-state index in [2.05, 4.69) is 26.8 Å². The summed E-state index contributed by atoms with van der Waals surface area (Å²) in [6, 6.07) is 7.89. The van der Waals surface area contributed by atoms with Crippen molar-refractivity contribution in [2.45, 2.75) is 33.2 Å². The molecule has 142 valence electrons. The van der Waals surface area contributed by atoms with Gasteiger partial charge in [-0.2, -0.15) is 0 Å². The largest absolute Gasteiger partial charge is 0.493 e. The molecule has 2 rings (SSSR count). The second-order valence-corrected chi connectivity index (χ2v) is 5.63. The minimum Gasteiger partial charge on any atom is -0.493 e. The highest BCUT2D eigenvalue weighted by Gasteiger charge is 2.05. The third-order valence-corrected chi connectivity index (χ3v) is 3.70. The van der Waals surface area contributed by atoms with E-state index in [1.165, 1.54) is 5.56 Å². The van der Waals surface area contributed by atoms with Crippen molar-refractivity contribution in [3.63, 3.8) is 0 Å². The minimum atomic E-state index is 0.488. The molecule has 1 aromatic carbocycles. The third-order valence-electron chi connectivity index (χ3n) is 3.70. The smallest absolute Gasteiger partial charge is 0.191 e. The average Bonchev–Trinajstić information content (AvgIpc) is 3.17. The van der Waals surface area contributed by atoms with E-state index in [1.807, 2.05) is 32.0 Å². The molecule has 1 heterocycles. The van der Waals surface area contributed by atoms with Gasteiger partial charge < -0.3 is 24.6 Å². The number of hydrogen-bond donors (Lipinski definition) is 2. The van der Waals surface area contributed by atoms with Crippen LogP contribution in [0.5, 0.6) is 11.5 Å². The molecule has 0 saturated heterocycles. The maximum Gasteiger partial charge on any atom is 0.191 e. The molecule has 0 bridgehead atoms. The molecule has 0 unspecified atom stereocenters. The molecular weight excluding hydrogens is 332 g/mol. The Balaban J connectivity index is 1.82. The van der Waals surface area contributed by atoms with E-state index in [1.54, 1.807) is 13.4 Å². The van der Waals surface area contributed by atoms with Gasteiger partial charge >= 0.3 is 0 Å². The van der Waals surface area contributed by atoms with E-state index >= 15 is 0 Å². The zero-order valence-corrected chi connectivity index (χ0v) is 15.7. The summed E-state index contributed by atoms with van der Waals surface area (Å²) in [5, 5.41) is 10.4. The second-order valence-electron chi connectivity index (χ2n) is 5.63. The molecule has 2 N–H and O–H groups in total. The first-order valence-electron chi connectivity index (χ1n) is 8.98. The van der Waals surface area contributed by atoms with Crippen molar-refractivity contribution >= 4 is 5.96 Å². The maximum atomic E-state index is 5.63. The topological polar surface area (TPSA) is 80.9 Å². The van der Waals surface area contributed by atoms with Crippen LogP contribution in [-0.2, 0) is 13.0 Å². The van der Waals surface area contributed by atoms with Crippen molar-refractivity contribution in [2.24, 2.45) is 4.99 Å². The van der Waals surface area contributed by atoms with Crippen LogP contribution in [0, 0.1) is 0 Å². The Bertz CT molecular complexity index is 671. The fraction of sp³-hybridized carbons (Fsp3) is 0.474. The van der Waals surface area contributed by atoms with Crippen molar-refractivity contribution in [1.29, 1.82) is 0 Å². The summed E-state index contributed by atoms with van der Waals surface area (Å²) in [4.78, 5) is 4.50. The van der Waals surface area contributed by atoms with Crippen molar-refractivity contribution in [2.75, 3.05) is 26.8 Å². The van der Waals surface area contributed by atoms with Crippen molar-refractivity contribution in [3.8, 4) is 11.5 Å². The molecule has 0 aliphatic rings. The molecule has 0 radical (unpaired) electrons. The number of methoxy groups -OCH3 is 1. The van der Waals surface area contributed by atoms with Gasteiger partial charge in [-0.1, -0.05) is 11.2 Å². The lowest BCUT2D eigenvalue weighted by molar-refractivity contribution is 0.310. The van der Waals surface area contributed by atoms with Gasteiger partial charge in [0.2, 0.25) is 0 Å². The number of aromatic nitrogens is 1. The summed E-state index contributed by atoms with van der Waals surface area (Å²) in [5.74, 6) is 2.34. The monoisotopic (exact) mass is 360 g/mol. The van der Waals surface area contributed by atoms with E-state index in [9.17, 15) is 0 Å². The molecule has 0 spiro atoms. The molecule has 0 amide bonds. The van der Waals surface area contributed by atoms with E-state index in [0.717, 1.165) is 49.1 Å². The lowest BCUT2D eigenvalue weighted by atomic mass is 10.1. The minimum absolute atomic E-state index is 0.488. The molecule has 0 aliphatic carbocycles. The third kappa shape index (κ3) is 6.31. The average molecular weight is 360 g/mol. The lowest BCUT2D eigenvalue weighted by Crippen LogP contribution is -2.37. The molecule has 0 fully saturated rings. The Kier molecular flexibility index (Phi) is 8.32. The molecular formula is C19H28N4O3. The van der Waals surface area contributed by atoms with Gasteiger partial charge in [0.25, 0.3) is 0 Å². The van der Waals surface area contributed by atoms with Crippen LogP contribution in [-0.4, -0.2) is 37.9 Å². The van der Waals surface area contributed by atoms with Crippen LogP contribution in [0.25, 0.3) is 0 Å². The summed E-state index contributed by atoms with van der Waals surface area (Å²) in [6.45, 7) is 6.75. The van der Waals surface area contributed by atoms with Gasteiger partial charge in [-0.25, -0.2) is 4.99 Å². The van der Waals surface area contributed by atoms with E-state index < -0.39 is 0 Å². The van der Waals surface area contributed by atoms with Crippen molar-refractivity contribution < 1.29 is 14.0 Å². The van der Waals surface area contributed by atoms with Gasteiger partial charge in [0.15, 0.2) is 17.5 Å². The Hall–Kier alpha value is -2.70. The second kappa shape index (κ2) is 11.0. The molecule has 0 saturated carbocycles. The summed E-state index contributed by atoms with van der Waals surface area (Å²) in [6.07, 6.45) is 3.47. The number of aryl methyl sites for hydroxylation is 1. The Labute approximate surface area is 154 Å². The zero-order valence-electron chi connectivity index (χ0n) is 15.7. The van der Waals surface area contributed by atoms with Crippen LogP contribution in [0.1, 0.15) is 31.5 Å².